The van der Waals surface area contributed by atoms with Gasteiger partial charge in [-0.3, -0.25) is 9.59 Å². The van der Waals surface area contributed by atoms with E-state index >= 15 is 0 Å². The van der Waals surface area contributed by atoms with Gasteiger partial charge < -0.3 is 16.0 Å². The Kier molecular flexibility index (Phi) is 14.8. The molecule has 1 atom stereocenters. The van der Waals surface area contributed by atoms with Crippen LogP contribution in [0.25, 0.3) is 0 Å². The molecule has 1 aliphatic heterocycles. The van der Waals surface area contributed by atoms with Crippen molar-refractivity contribution >= 4 is 12.3 Å². The molecule has 0 aromatic rings. The first-order valence-corrected chi connectivity index (χ1v) is 14.4. The van der Waals surface area contributed by atoms with Crippen molar-refractivity contribution in [2.45, 2.75) is 129 Å². The van der Waals surface area contributed by atoms with Gasteiger partial charge in [-0.15, -0.1) is 0 Å². The molecule has 1 heterocycles. The molecule has 4 fully saturated rings. The molecule has 0 aromatic heterocycles. The Morgan fingerprint density at radius 2 is 1.24 bits per heavy atom. The number of rotatable bonds is 6. The standard InChI is InChI=1S/C13H22N2O2.C13H24.C2H7N/c16-10-15-8-4-7-12(15)13(17)14-9-11-5-2-1-3-6-11;1-3-7-12(8-4-1)11-13-9-5-2-6-10-13;1-2-3/h10-12H,1-9H2,(H,14,17);12-13H,1-11H2;2-3H2,1H3. The van der Waals surface area contributed by atoms with Crippen molar-refractivity contribution in [3.63, 3.8) is 0 Å². The average molecular weight is 464 g/mol. The van der Waals surface area contributed by atoms with E-state index in [0.29, 0.717) is 5.92 Å². The van der Waals surface area contributed by atoms with Crippen LogP contribution in [0.15, 0.2) is 0 Å². The maximum atomic E-state index is 11.9. The molecule has 4 rings (SSSR count). The molecule has 0 aromatic carbocycles. The normalized spacial score (nSPS) is 24.8. The second kappa shape index (κ2) is 17.4. The lowest BCUT2D eigenvalue weighted by Gasteiger charge is -2.28. The molecule has 5 nitrogen and oxygen atoms in total. The summed E-state index contributed by atoms with van der Waals surface area (Å²) in [5.41, 5.74) is 4.85. The van der Waals surface area contributed by atoms with Crippen LogP contribution in [-0.2, 0) is 9.59 Å². The van der Waals surface area contributed by atoms with Crippen LogP contribution in [0.5, 0.6) is 0 Å². The number of nitrogens with one attached hydrogen (secondary N) is 1. The van der Waals surface area contributed by atoms with Crippen LogP contribution in [0, 0.1) is 17.8 Å². The summed E-state index contributed by atoms with van der Waals surface area (Å²) >= 11 is 0. The number of nitrogens with two attached hydrogens (primary N) is 1. The Labute approximate surface area is 204 Å². The predicted octanol–water partition coefficient (Wildman–Crippen LogP) is 5.81. The molecule has 5 heteroatoms. The van der Waals surface area contributed by atoms with Gasteiger partial charge >= 0.3 is 0 Å². The first-order valence-electron chi connectivity index (χ1n) is 14.4. The number of carbonyl (C=O) groups excluding carboxylic acids is 2. The first-order chi connectivity index (χ1) is 16.2. The molecule has 0 radical (unpaired) electrons. The van der Waals surface area contributed by atoms with Gasteiger partial charge in [0, 0.05) is 13.1 Å². The largest absolute Gasteiger partial charge is 0.354 e. The second-order valence-electron chi connectivity index (χ2n) is 10.9. The summed E-state index contributed by atoms with van der Waals surface area (Å²) in [4.78, 5) is 24.3. The molecular weight excluding hydrogens is 410 g/mol. The van der Waals surface area contributed by atoms with Crippen molar-refractivity contribution in [1.82, 2.24) is 10.2 Å². The van der Waals surface area contributed by atoms with E-state index in [2.05, 4.69) is 5.32 Å². The summed E-state index contributed by atoms with van der Waals surface area (Å²) < 4.78 is 0. The van der Waals surface area contributed by atoms with Gasteiger partial charge in [0.15, 0.2) is 0 Å². The highest BCUT2D eigenvalue weighted by Gasteiger charge is 2.29. The third-order valence-corrected chi connectivity index (χ3v) is 8.14. The van der Waals surface area contributed by atoms with Crippen molar-refractivity contribution in [1.29, 1.82) is 0 Å². The molecular formula is C28H53N3O2. The van der Waals surface area contributed by atoms with Crippen LogP contribution in [0.1, 0.15) is 122 Å². The summed E-state index contributed by atoms with van der Waals surface area (Å²) in [6.07, 6.45) is 25.9. The molecule has 2 amide bonds. The van der Waals surface area contributed by atoms with Crippen LogP contribution in [0.4, 0.5) is 0 Å². The lowest BCUT2D eigenvalue weighted by Crippen LogP contribution is -2.44. The van der Waals surface area contributed by atoms with E-state index in [4.69, 9.17) is 5.73 Å². The van der Waals surface area contributed by atoms with Gasteiger partial charge in [0.2, 0.25) is 12.3 Å². The van der Waals surface area contributed by atoms with Crippen LogP contribution < -0.4 is 11.1 Å². The molecule has 192 valence electrons. The lowest BCUT2D eigenvalue weighted by atomic mass is 9.78. The number of hydrogen-bond donors (Lipinski definition) is 2. The lowest BCUT2D eigenvalue weighted by molar-refractivity contribution is -0.131. The van der Waals surface area contributed by atoms with Crippen molar-refractivity contribution in [3.8, 4) is 0 Å². The summed E-state index contributed by atoms with van der Waals surface area (Å²) in [6.45, 7) is 4.17. The Morgan fingerprint density at radius 3 is 1.70 bits per heavy atom. The Bertz CT molecular complexity index is 493. The number of carbonyl (C=O) groups is 2. The topological polar surface area (TPSA) is 75.4 Å². The van der Waals surface area contributed by atoms with Crippen LogP contribution in [0.3, 0.4) is 0 Å². The van der Waals surface area contributed by atoms with Crippen molar-refractivity contribution < 1.29 is 9.59 Å². The highest BCUT2D eigenvalue weighted by Crippen LogP contribution is 2.34. The molecule has 0 spiro atoms. The van der Waals surface area contributed by atoms with Gasteiger partial charge in [0.25, 0.3) is 0 Å². The van der Waals surface area contributed by atoms with E-state index in [-0.39, 0.29) is 11.9 Å². The van der Waals surface area contributed by atoms with E-state index in [0.717, 1.165) is 50.7 Å². The van der Waals surface area contributed by atoms with Crippen molar-refractivity contribution in [2.75, 3.05) is 19.6 Å². The van der Waals surface area contributed by atoms with Gasteiger partial charge in [0.05, 0.1) is 0 Å². The molecule has 3 saturated carbocycles. The van der Waals surface area contributed by atoms with E-state index in [9.17, 15) is 9.59 Å². The van der Waals surface area contributed by atoms with E-state index in [1.807, 2.05) is 6.92 Å². The number of nitrogens with zero attached hydrogens (tertiary/aromatic N) is 1. The SMILES string of the molecule is C1CCC(CC2CCCCC2)CC1.CCN.O=CN1CCCC1C(=O)NCC1CCCCC1. The number of hydrogen-bond acceptors (Lipinski definition) is 3. The second-order valence-corrected chi connectivity index (χ2v) is 10.9. The maximum absolute atomic E-state index is 11.9. The summed E-state index contributed by atoms with van der Waals surface area (Å²) in [5.74, 6) is 2.94. The van der Waals surface area contributed by atoms with Crippen LogP contribution in [-0.4, -0.2) is 42.9 Å². The maximum Gasteiger partial charge on any atom is 0.242 e. The highest BCUT2D eigenvalue weighted by molar-refractivity contribution is 5.84. The number of amides is 2. The van der Waals surface area contributed by atoms with E-state index < -0.39 is 0 Å². The Morgan fingerprint density at radius 1 is 0.788 bits per heavy atom. The molecule has 1 saturated heterocycles. The fraction of sp³-hybridized carbons (Fsp3) is 0.929. The monoisotopic (exact) mass is 463 g/mol. The molecule has 3 aliphatic carbocycles. The van der Waals surface area contributed by atoms with Gasteiger partial charge in [-0.2, -0.15) is 0 Å². The van der Waals surface area contributed by atoms with E-state index in [1.165, 1.54) is 70.6 Å². The molecule has 1 unspecified atom stereocenters. The Hall–Kier alpha value is -1.10. The predicted molar refractivity (Wildman–Crippen MR) is 138 cm³/mol. The van der Waals surface area contributed by atoms with Crippen LogP contribution in [0.2, 0.25) is 0 Å². The molecule has 33 heavy (non-hydrogen) atoms. The van der Waals surface area contributed by atoms with E-state index in [1.54, 1.807) is 37.0 Å². The zero-order chi connectivity index (χ0) is 23.7. The molecule has 0 bridgehead atoms. The van der Waals surface area contributed by atoms with Gasteiger partial charge in [-0.05, 0) is 56.4 Å². The first kappa shape index (κ1) is 28.1. The third kappa shape index (κ3) is 11.2. The van der Waals surface area contributed by atoms with Crippen molar-refractivity contribution in [3.05, 3.63) is 0 Å². The fourth-order valence-corrected chi connectivity index (χ4v) is 6.27. The minimum absolute atomic E-state index is 0.0418. The number of likely N-dealkylation sites (tertiary alicyclic amines) is 1. The Balaban J connectivity index is 0.000000214. The van der Waals surface area contributed by atoms with Crippen LogP contribution >= 0.6 is 0 Å². The zero-order valence-electron chi connectivity index (χ0n) is 21.6. The average Bonchev–Trinajstić information content (AvgIpc) is 3.35. The quantitative estimate of drug-likeness (QED) is 0.488. The highest BCUT2D eigenvalue weighted by atomic mass is 16.2. The molecule has 3 N–H and O–H groups in total. The fourth-order valence-electron chi connectivity index (χ4n) is 6.27. The van der Waals surface area contributed by atoms with Gasteiger partial charge in [0.1, 0.15) is 6.04 Å². The smallest absolute Gasteiger partial charge is 0.242 e. The minimum Gasteiger partial charge on any atom is -0.354 e. The minimum atomic E-state index is -0.212. The van der Waals surface area contributed by atoms with Crippen molar-refractivity contribution in [2.24, 2.45) is 23.5 Å². The summed E-state index contributed by atoms with van der Waals surface area (Å²) in [7, 11) is 0. The zero-order valence-corrected chi connectivity index (χ0v) is 21.6. The van der Waals surface area contributed by atoms with Gasteiger partial charge in [-0.25, -0.2) is 0 Å². The van der Waals surface area contributed by atoms with Gasteiger partial charge in [-0.1, -0.05) is 90.4 Å². The molecule has 4 aliphatic rings. The summed E-state index contributed by atoms with van der Waals surface area (Å²) in [6, 6.07) is -0.212. The third-order valence-electron chi connectivity index (χ3n) is 8.14. The summed E-state index contributed by atoms with van der Waals surface area (Å²) in [5, 5.41) is 3.02.